The number of hydrogen-bond donors (Lipinski definition) is 1. The van der Waals surface area contributed by atoms with Crippen LogP contribution in [-0.2, 0) is 21.1 Å². The van der Waals surface area contributed by atoms with Gasteiger partial charge in [-0.2, -0.15) is 0 Å². The highest BCUT2D eigenvalue weighted by atomic mass is 32.2. The first-order valence-corrected chi connectivity index (χ1v) is 9.89. The minimum absolute atomic E-state index is 0.194. The lowest BCUT2D eigenvalue weighted by molar-refractivity contribution is -0.116. The molecule has 6 nitrogen and oxygen atoms in total. The molecule has 0 aliphatic carbocycles. The van der Waals surface area contributed by atoms with Crippen molar-refractivity contribution in [3.8, 4) is 11.5 Å². The Bertz CT molecular complexity index is 935. The average molecular weight is 389 g/mol. The maximum atomic E-state index is 12.3. The number of amides is 1. The molecular formula is C20H23NO5S. The lowest BCUT2D eigenvalue weighted by atomic mass is 10.1. The van der Waals surface area contributed by atoms with Crippen molar-refractivity contribution in [2.45, 2.75) is 18.2 Å². The molecule has 27 heavy (non-hydrogen) atoms. The Labute approximate surface area is 159 Å². The Morgan fingerprint density at radius 2 is 1.78 bits per heavy atom. The Morgan fingerprint density at radius 1 is 1.07 bits per heavy atom. The van der Waals surface area contributed by atoms with Crippen LogP contribution in [-0.4, -0.2) is 35.1 Å². The molecule has 0 heterocycles. The molecule has 144 valence electrons. The quantitative estimate of drug-likeness (QED) is 0.702. The van der Waals surface area contributed by atoms with E-state index >= 15 is 0 Å². The van der Waals surface area contributed by atoms with Gasteiger partial charge in [-0.05, 0) is 42.7 Å². The normalized spacial score (nSPS) is 11.4. The molecule has 0 aliphatic heterocycles. The van der Waals surface area contributed by atoms with E-state index in [9.17, 15) is 13.2 Å². The summed E-state index contributed by atoms with van der Waals surface area (Å²) in [5.41, 5.74) is 1.60. The lowest BCUT2D eigenvalue weighted by Crippen LogP contribution is -2.23. The highest BCUT2D eigenvalue weighted by Crippen LogP contribution is 2.27. The summed E-state index contributed by atoms with van der Waals surface area (Å²) in [7, 11) is -0.529. The maximum absolute atomic E-state index is 12.3. The summed E-state index contributed by atoms with van der Waals surface area (Å²) in [5.74, 6) is 0.785. The van der Waals surface area contributed by atoms with E-state index in [4.69, 9.17) is 9.47 Å². The highest BCUT2D eigenvalue weighted by molar-refractivity contribution is 7.94. The van der Waals surface area contributed by atoms with Gasteiger partial charge in [0.05, 0.1) is 19.1 Å². The predicted molar refractivity (Wildman–Crippen MR) is 104 cm³/mol. The molecule has 2 rings (SSSR count). The first kappa shape index (κ1) is 20.5. The third kappa shape index (κ3) is 5.59. The number of methoxy groups -OCH3 is 2. The number of rotatable bonds is 8. The minimum Gasteiger partial charge on any atom is -0.493 e. The van der Waals surface area contributed by atoms with Gasteiger partial charge < -0.3 is 14.8 Å². The fourth-order valence-electron chi connectivity index (χ4n) is 2.53. The van der Waals surface area contributed by atoms with Crippen LogP contribution in [0, 0.1) is 6.92 Å². The van der Waals surface area contributed by atoms with E-state index in [1.165, 1.54) is 6.07 Å². The summed E-state index contributed by atoms with van der Waals surface area (Å²) in [5, 5.41) is 3.61. The van der Waals surface area contributed by atoms with Crippen molar-refractivity contribution in [3.05, 3.63) is 65.1 Å². The number of sulfone groups is 1. The molecule has 1 amide bonds. The summed E-state index contributed by atoms with van der Waals surface area (Å²) < 4.78 is 35.0. The molecule has 0 atom stereocenters. The first-order valence-electron chi connectivity index (χ1n) is 8.35. The van der Waals surface area contributed by atoms with Gasteiger partial charge in [0.15, 0.2) is 21.3 Å². The zero-order valence-electron chi connectivity index (χ0n) is 15.6. The van der Waals surface area contributed by atoms with Crippen LogP contribution < -0.4 is 14.8 Å². The van der Waals surface area contributed by atoms with Crippen LogP contribution in [0.1, 0.15) is 11.1 Å². The van der Waals surface area contributed by atoms with Crippen molar-refractivity contribution in [1.82, 2.24) is 5.32 Å². The molecule has 0 saturated heterocycles. The molecule has 7 heteroatoms. The van der Waals surface area contributed by atoms with Crippen LogP contribution in [0.3, 0.4) is 0 Å². The third-order valence-corrected chi connectivity index (χ3v) is 5.53. The van der Waals surface area contributed by atoms with Gasteiger partial charge in [0, 0.05) is 18.0 Å². The number of ether oxygens (including phenoxy) is 2. The number of benzene rings is 2. The van der Waals surface area contributed by atoms with Crippen molar-refractivity contribution < 1.29 is 22.7 Å². The van der Waals surface area contributed by atoms with Crippen LogP contribution in [0.5, 0.6) is 11.5 Å². The Morgan fingerprint density at radius 3 is 2.44 bits per heavy atom. The van der Waals surface area contributed by atoms with E-state index in [0.29, 0.717) is 30.0 Å². The molecule has 0 saturated carbocycles. The number of nitrogens with one attached hydrogen (secondary N) is 1. The second-order valence-corrected chi connectivity index (χ2v) is 7.65. The Hall–Kier alpha value is -2.80. The van der Waals surface area contributed by atoms with Gasteiger partial charge >= 0.3 is 0 Å². The predicted octanol–water partition coefficient (Wildman–Crippen LogP) is 2.66. The number of hydrogen-bond acceptors (Lipinski definition) is 5. The van der Waals surface area contributed by atoms with E-state index in [1.807, 2.05) is 12.1 Å². The fourth-order valence-corrected chi connectivity index (χ4v) is 3.76. The number of carbonyl (C=O) groups is 1. The Kier molecular flexibility index (Phi) is 7.01. The van der Waals surface area contributed by atoms with Gasteiger partial charge in [-0.3, -0.25) is 4.79 Å². The van der Waals surface area contributed by atoms with Gasteiger partial charge in [-0.25, -0.2) is 8.42 Å². The molecule has 2 aromatic rings. The monoisotopic (exact) mass is 389 g/mol. The second-order valence-electron chi connectivity index (χ2n) is 5.84. The van der Waals surface area contributed by atoms with E-state index in [1.54, 1.807) is 45.4 Å². The molecule has 0 spiro atoms. The van der Waals surface area contributed by atoms with Gasteiger partial charge in [0.25, 0.3) is 0 Å². The van der Waals surface area contributed by atoms with Gasteiger partial charge in [-0.15, -0.1) is 0 Å². The van der Waals surface area contributed by atoms with Crippen molar-refractivity contribution in [1.29, 1.82) is 0 Å². The number of carbonyl (C=O) groups excluding carboxylic acids is 1. The Balaban J connectivity index is 1.93. The molecule has 0 aromatic heterocycles. The van der Waals surface area contributed by atoms with Crippen molar-refractivity contribution in [2.24, 2.45) is 0 Å². The summed E-state index contributed by atoms with van der Waals surface area (Å²) in [4.78, 5) is 12.1. The zero-order chi connectivity index (χ0) is 19.9. The summed E-state index contributed by atoms with van der Waals surface area (Å²) in [6.07, 6.45) is 1.61. The molecule has 0 fully saturated rings. The topological polar surface area (TPSA) is 81.7 Å². The summed E-state index contributed by atoms with van der Waals surface area (Å²) in [6, 6.07) is 12.2. The van der Waals surface area contributed by atoms with Gasteiger partial charge in [0.2, 0.25) is 5.91 Å². The SMILES string of the molecule is COc1ccc(CCNC(=O)/C=C/S(=O)(=O)c2ccccc2C)cc1OC. The molecule has 0 radical (unpaired) electrons. The van der Waals surface area contributed by atoms with Gasteiger partial charge in [-0.1, -0.05) is 24.3 Å². The molecule has 1 N–H and O–H groups in total. The summed E-state index contributed by atoms with van der Waals surface area (Å²) >= 11 is 0. The van der Waals surface area contributed by atoms with E-state index in [2.05, 4.69) is 5.32 Å². The van der Waals surface area contributed by atoms with E-state index < -0.39 is 15.7 Å². The maximum Gasteiger partial charge on any atom is 0.244 e. The van der Waals surface area contributed by atoms with Crippen molar-refractivity contribution >= 4 is 15.7 Å². The molecule has 2 aromatic carbocycles. The fraction of sp³-hybridized carbons (Fsp3) is 0.250. The van der Waals surface area contributed by atoms with Crippen LogP contribution >= 0.6 is 0 Å². The standard InChI is InChI=1S/C20H23NO5S/c1-15-6-4-5-7-19(15)27(23,24)13-11-20(22)21-12-10-16-8-9-17(25-2)18(14-16)26-3/h4-9,11,13-14H,10,12H2,1-3H3,(H,21,22)/b13-11+. The molecule has 0 bridgehead atoms. The number of aryl methyl sites for hydroxylation is 1. The largest absolute Gasteiger partial charge is 0.493 e. The van der Waals surface area contributed by atoms with Gasteiger partial charge in [0.1, 0.15) is 0 Å². The lowest BCUT2D eigenvalue weighted by Gasteiger charge is -2.09. The van der Waals surface area contributed by atoms with Crippen LogP contribution in [0.2, 0.25) is 0 Å². The summed E-state index contributed by atoms with van der Waals surface area (Å²) in [6.45, 7) is 2.08. The molecule has 0 unspecified atom stereocenters. The highest BCUT2D eigenvalue weighted by Gasteiger charge is 2.13. The van der Waals surface area contributed by atoms with Crippen molar-refractivity contribution in [3.63, 3.8) is 0 Å². The van der Waals surface area contributed by atoms with Crippen molar-refractivity contribution in [2.75, 3.05) is 20.8 Å². The van der Waals surface area contributed by atoms with E-state index in [-0.39, 0.29) is 4.90 Å². The first-order chi connectivity index (χ1) is 12.9. The van der Waals surface area contributed by atoms with Crippen LogP contribution in [0.25, 0.3) is 0 Å². The third-order valence-electron chi connectivity index (χ3n) is 3.96. The molecular weight excluding hydrogens is 366 g/mol. The van der Waals surface area contributed by atoms with E-state index in [0.717, 1.165) is 17.0 Å². The smallest absolute Gasteiger partial charge is 0.244 e. The molecule has 0 aliphatic rings. The van der Waals surface area contributed by atoms with Crippen LogP contribution in [0.4, 0.5) is 0 Å². The average Bonchev–Trinajstić information content (AvgIpc) is 2.66. The van der Waals surface area contributed by atoms with Crippen LogP contribution in [0.15, 0.2) is 58.8 Å². The zero-order valence-corrected chi connectivity index (χ0v) is 16.4. The second kappa shape index (κ2) is 9.23. The minimum atomic E-state index is -3.65.